The largest absolute Gasteiger partial charge is 0.478 e. The first-order valence-corrected chi connectivity index (χ1v) is 6.51. The van der Waals surface area contributed by atoms with Crippen LogP contribution in [0.2, 0.25) is 0 Å². The van der Waals surface area contributed by atoms with Gasteiger partial charge in [-0.05, 0) is 36.6 Å². The van der Waals surface area contributed by atoms with Crippen LogP contribution in [0.5, 0.6) is 0 Å². The number of aromatic carboxylic acids is 1. The second-order valence-electron chi connectivity index (χ2n) is 5.26. The minimum absolute atomic E-state index is 0.181. The molecule has 2 bridgehead atoms. The highest BCUT2D eigenvalue weighted by Crippen LogP contribution is 2.27. The molecule has 2 aliphatic rings. The first-order valence-electron chi connectivity index (χ1n) is 6.51. The number of carboxylic acid groups (broad SMARTS) is 1. The molecule has 19 heavy (non-hydrogen) atoms. The second kappa shape index (κ2) is 4.90. The summed E-state index contributed by atoms with van der Waals surface area (Å²) in [7, 11) is 0. The maximum Gasteiger partial charge on any atom is 0.336 e. The molecule has 0 saturated carbocycles. The summed E-state index contributed by atoms with van der Waals surface area (Å²) in [6.07, 6.45) is 2.63. The lowest BCUT2D eigenvalue weighted by Gasteiger charge is -2.32. The maximum atomic E-state index is 13.3. The number of morpholine rings is 1. The van der Waals surface area contributed by atoms with Crippen LogP contribution in [0.15, 0.2) is 18.2 Å². The fraction of sp³-hybridized carbons (Fsp3) is 0.500. The van der Waals surface area contributed by atoms with E-state index in [1.165, 1.54) is 18.2 Å². The molecule has 2 aliphatic heterocycles. The van der Waals surface area contributed by atoms with Crippen molar-refractivity contribution in [1.82, 2.24) is 4.90 Å². The van der Waals surface area contributed by atoms with Crippen LogP contribution in [0, 0.1) is 5.82 Å². The molecule has 0 spiro atoms. The van der Waals surface area contributed by atoms with E-state index in [4.69, 9.17) is 9.84 Å². The molecule has 2 heterocycles. The van der Waals surface area contributed by atoms with Crippen LogP contribution >= 0.6 is 0 Å². The number of nitrogens with zero attached hydrogens (tertiary/aromatic N) is 1. The van der Waals surface area contributed by atoms with Crippen molar-refractivity contribution in [2.45, 2.75) is 31.6 Å². The van der Waals surface area contributed by atoms with Gasteiger partial charge in [-0.1, -0.05) is 0 Å². The van der Waals surface area contributed by atoms with Gasteiger partial charge in [0.25, 0.3) is 0 Å². The topological polar surface area (TPSA) is 49.8 Å². The number of hydrogen-bond donors (Lipinski definition) is 1. The number of halogens is 1. The van der Waals surface area contributed by atoms with E-state index in [1.54, 1.807) is 0 Å². The quantitative estimate of drug-likeness (QED) is 0.906. The van der Waals surface area contributed by atoms with E-state index in [2.05, 4.69) is 4.90 Å². The van der Waals surface area contributed by atoms with Crippen molar-refractivity contribution in [1.29, 1.82) is 0 Å². The van der Waals surface area contributed by atoms with Crippen molar-refractivity contribution in [3.8, 4) is 0 Å². The minimum Gasteiger partial charge on any atom is -0.478 e. The summed E-state index contributed by atoms with van der Waals surface area (Å²) in [5.41, 5.74) is 0.717. The molecule has 4 nitrogen and oxygen atoms in total. The van der Waals surface area contributed by atoms with Gasteiger partial charge in [-0.15, -0.1) is 0 Å². The molecular formula is C14H16FNO3. The minimum atomic E-state index is -1.01. The van der Waals surface area contributed by atoms with E-state index >= 15 is 0 Å². The maximum absolute atomic E-state index is 13.3. The summed E-state index contributed by atoms with van der Waals surface area (Å²) in [5, 5.41) is 9.14. The molecule has 1 N–H and O–H groups in total. The molecule has 5 heteroatoms. The van der Waals surface area contributed by atoms with Gasteiger partial charge in [0.2, 0.25) is 0 Å². The Morgan fingerprint density at radius 1 is 1.37 bits per heavy atom. The Balaban J connectivity index is 1.79. The zero-order valence-corrected chi connectivity index (χ0v) is 10.5. The van der Waals surface area contributed by atoms with E-state index in [0.29, 0.717) is 12.1 Å². The third-order valence-corrected chi connectivity index (χ3v) is 3.81. The first kappa shape index (κ1) is 12.6. The highest BCUT2D eigenvalue weighted by Gasteiger charge is 2.33. The van der Waals surface area contributed by atoms with Crippen LogP contribution in [0.4, 0.5) is 4.39 Å². The molecule has 1 aromatic carbocycles. The van der Waals surface area contributed by atoms with Crippen LogP contribution in [0.3, 0.4) is 0 Å². The molecule has 2 unspecified atom stereocenters. The summed E-state index contributed by atoms with van der Waals surface area (Å²) >= 11 is 0. The third kappa shape index (κ3) is 2.62. The van der Waals surface area contributed by atoms with Crippen molar-refractivity contribution in [3.63, 3.8) is 0 Å². The average Bonchev–Trinajstić information content (AvgIpc) is 2.68. The van der Waals surface area contributed by atoms with Crippen molar-refractivity contribution in [2.24, 2.45) is 0 Å². The normalized spacial score (nSPS) is 26.6. The molecular weight excluding hydrogens is 249 g/mol. The zero-order valence-electron chi connectivity index (χ0n) is 10.5. The van der Waals surface area contributed by atoms with Crippen molar-refractivity contribution < 1.29 is 19.0 Å². The van der Waals surface area contributed by atoms with Crippen molar-refractivity contribution in [2.75, 3.05) is 13.1 Å². The predicted molar refractivity (Wildman–Crippen MR) is 66.5 cm³/mol. The van der Waals surface area contributed by atoms with Gasteiger partial charge in [0.15, 0.2) is 0 Å². The molecule has 102 valence electrons. The van der Waals surface area contributed by atoms with Gasteiger partial charge in [-0.3, -0.25) is 4.90 Å². The number of hydrogen-bond acceptors (Lipinski definition) is 3. The van der Waals surface area contributed by atoms with Crippen LogP contribution in [0.1, 0.15) is 28.8 Å². The van der Waals surface area contributed by atoms with Crippen LogP contribution in [-0.4, -0.2) is 41.3 Å². The third-order valence-electron chi connectivity index (χ3n) is 3.81. The smallest absolute Gasteiger partial charge is 0.336 e. The SMILES string of the molecule is O=C(O)c1ccc(F)cc1CN1CC2CCC(C1)O2. The summed E-state index contributed by atoms with van der Waals surface area (Å²) in [5.74, 6) is -1.40. The number of benzene rings is 1. The van der Waals surface area contributed by atoms with Crippen molar-refractivity contribution in [3.05, 3.63) is 35.1 Å². The number of likely N-dealkylation sites (tertiary alicyclic amines) is 1. The molecule has 3 rings (SSSR count). The van der Waals surface area contributed by atoms with Gasteiger partial charge in [-0.2, -0.15) is 0 Å². The molecule has 0 aromatic heterocycles. The van der Waals surface area contributed by atoms with E-state index in [1.807, 2.05) is 0 Å². The van der Waals surface area contributed by atoms with Crippen LogP contribution in [-0.2, 0) is 11.3 Å². The second-order valence-corrected chi connectivity index (χ2v) is 5.26. The highest BCUT2D eigenvalue weighted by atomic mass is 19.1. The molecule has 2 atom stereocenters. The Morgan fingerprint density at radius 3 is 2.68 bits per heavy atom. The number of carbonyl (C=O) groups is 1. The van der Waals surface area contributed by atoms with Crippen LogP contribution < -0.4 is 0 Å². The number of rotatable bonds is 3. The lowest BCUT2D eigenvalue weighted by Crippen LogP contribution is -2.42. The molecule has 2 saturated heterocycles. The van der Waals surface area contributed by atoms with Crippen molar-refractivity contribution >= 4 is 5.97 Å². The Kier molecular flexibility index (Phi) is 3.24. The standard InChI is InChI=1S/C14H16FNO3/c15-10-1-4-13(14(17)18)9(5-10)6-16-7-11-2-3-12(8-16)19-11/h1,4-5,11-12H,2-3,6-8H2,(H,17,18). The van der Waals surface area contributed by atoms with E-state index in [9.17, 15) is 9.18 Å². The monoisotopic (exact) mass is 265 g/mol. The van der Waals surface area contributed by atoms with E-state index in [0.717, 1.165) is 25.9 Å². The molecule has 0 aliphatic carbocycles. The zero-order chi connectivity index (χ0) is 13.4. The molecule has 1 aromatic rings. The van der Waals surface area contributed by atoms with Gasteiger partial charge in [-0.25, -0.2) is 9.18 Å². The first-order chi connectivity index (χ1) is 9.11. The lowest BCUT2D eigenvalue weighted by molar-refractivity contribution is -0.0411. The van der Waals surface area contributed by atoms with Gasteiger partial charge in [0.1, 0.15) is 5.82 Å². The predicted octanol–water partition coefficient (Wildman–Crippen LogP) is 1.89. The molecule has 0 amide bonds. The Bertz CT molecular complexity index is 493. The van der Waals surface area contributed by atoms with E-state index in [-0.39, 0.29) is 17.8 Å². The van der Waals surface area contributed by atoms with Gasteiger partial charge in [0.05, 0.1) is 17.8 Å². The van der Waals surface area contributed by atoms with Gasteiger partial charge in [0, 0.05) is 19.6 Å². The Labute approximate surface area is 110 Å². The summed E-state index contributed by atoms with van der Waals surface area (Å²) < 4.78 is 19.0. The number of fused-ring (bicyclic) bond motifs is 2. The fourth-order valence-corrected chi connectivity index (χ4v) is 2.97. The lowest BCUT2D eigenvalue weighted by atomic mass is 10.1. The number of carboxylic acids is 1. The summed E-state index contributed by atoms with van der Waals surface area (Å²) in [4.78, 5) is 13.3. The highest BCUT2D eigenvalue weighted by molar-refractivity contribution is 5.89. The Hall–Kier alpha value is -1.46. The van der Waals surface area contributed by atoms with Crippen LogP contribution in [0.25, 0.3) is 0 Å². The average molecular weight is 265 g/mol. The summed E-state index contributed by atoms with van der Waals surface area (Å²) in [6, 6.07) is 3.85. The van der Waals surface area contributed by atoms with Gasteiger partial charge >= 0.3 is 5.97 Å². The fourth-order valence-electron chi connectivity index (χ4n) is 2.97. The molecule has 0 radical (unpaired) electrons. The summed E-state index contributed by atoms with van der Waals surface area (Å²) in [6.45, 7) is 2.06. The Morgan fingerprint density at radius 2 is 2.05 bits per heavy atom. The number of ether oxygens (including phenoxy) is 1. The molecule has 2 fully saturated rings. The van der Waals surface area contributed by atoms with E-state index < -0.39 is 11.8 Å². The van der Waals surface area contributed by atoms with Gasteiger partial charge < -0.3 is 9.84 Å².